The van der Waals surface area contributed by atoms with Crippen LogP contribution in [0.5, 0.6) is 0 Å². The Morgan fingerprint density at radius 3 is 2.69 bits per heavy atom. The highest BCUT2D eigenvalue weighted by molar-refractivity contribution is 5.02. The van der Waals surface area contributed by atoms with Gasteiger partial charge in [0.05, 0.1) is 0 Å². The molecule has 0 amide bonds. The Kier molecular flexibility index (Phi) is 6.52. The Morgan fingerprint density at radius 1 is 1.38 bits per heavy atom. The normalized spacial score (nSPS) is 20.1. The fraction of sp³-hybridized carbons (Fsp3) is 0.750. The molecule has 1 aliphatic carbocycles. The minimum atomic E-state index is 0.711. The van der Waals surface area contributed by atoms with Crippen LogP contribution in [0.25, 0.3) is 0 Å². The topological polar surface area (TPSA) is 0 Å². The second-order valence-electron chi connectivity index (χ2n) is 5.48. The monoisotopic (exact) mass is 220 g/mol. The summed E-state index contributed by atoms with van der Waals surface area (Å²) >= 11 is 0. The van der Waals surface area contributed by atoms with Crippen molar-refractivity contribution < 1.29 is 0 Å². The first-order valence-corrected chi connectivity index (χ1v) is 7.04. The van der Waals surface area contributed by atoms with Crippen LogP contribution >= 0.6 is 0 Å². The average molecular weight is 220 g/mol. The van der Waals surface area contributed by atoms with Gasteiger partial charge in [0, 0.05) is 0 Å². The van der Waals surface area contributed by atoms with E-state index in [1.807, 2.05) is 0 Å². The molecule has 1 saturated carbocycles. The van der Waals surface area contributed by atoms with Gasteiger partial charge in [-0.15, -0.1) is 0 Å². The summed E-state index contributed by atoms with van der Waals surface area (Å²) in [5, 5.41) is 0. The third kappa shape index (κ3) is 5.53. The molecule has 0 aromatic heterocycles. The van der Waals surface area contributed by atoms with Crippen LogP contribution in [-0.2, 0) is 0 Å². The van der Waals surface area contributed by atoms with Gasteiger partial charge in [-0.1, -0.05) is 63.3 Å². The quantitative estimate of drug-likeness (QED) is 0.497. The molecular formula is C16H28. The van der Waals surface area contributed by atoms with Crippen LogP contribution < -0.4 is 0 Å². The molecule has 1 unspecified atom stereocenters. The van der Waals surface area contributed by atoms with Crippen molar-refractivity contribution in [3.8, 4) is 0 Å². The van der Waals surface area contributed by atoms with Crippen molar-refractivity contribution in [1.82, 2.24) is 0 Å². The van der Waals surface area contributed by atoms with Crippen LogP contribution in [0.15, 0.2) is 23.8 Å². The van der Waals surface area contributed by atoms with Crippen LogP contribution in [-0.4, -0.2) is 0 Å². The summed E-state index contributed by atoms with van der Waals surface area (Å²) in [4.78, 5) is 0. The van der Waals surface area contributed by atoms with E-state index in [9.17, 15) is 0 Å². The molecule has 1 rings (SSSR count). The van der Waals surface area contributed by atoms with Crippen molar-refractivity contribution in [2.45, 2.75) is 65.7 Å². The van der Waals surface area contributed by atoms with E-state index < -0.39 is 0 Å². The van der Waals surface area contributed by atoms with E-state index in [4.69, 9.17) is 0 Å². The van der Waals surface area contributed by atoms with Crippen LogP contribution in [0, 0.1) is 11.8 Å². The number of allylic oxidation sites excluding steroid dienone is 4. The lowest BCUT2D eigenvalue weighted by atomic mass is 9.81. The summed E-state index contributed by atoms with van der Waals surface area (Å²) in [6.07, 6.45) is 16.6. The fourth-order valence-corrected chi connectivity index (χ4v) is 2.20. The van der Waals surface area contributed by atoms with E-state index in [2.05, 4.69) is 39.0 Å². The molecule has 0 bridgehead atoms. The Bertz CT molecular complexity index is 230. The number of hydrogen-bond donors (Lipinski definition) is 0. The van der Waals surface area contributed by atoms with E-state index >= 15 is 0 Å². The van der Waals surface area contributed by atoms with Gasteiger partial charge in [0.25, 0.3) is 0 Å². The minimum Gasteiger partial charge on any atom is -0.0883 e. The maximum Gasteiger partial charge on any atom is -0.0227 e. The Hall–Kier alpha value is -0.520. The largest absolute Gasteiger partial charge is 0.0883 e. The first-order chi connectivity index (χ1) is 7.72. The third-order valence-electron chi connectivity index (χ3n) is 3.59. The summed E-state index contributed by atoms with van der Waals surface area (Å²) in [5.41, 5.74) is 1.61. The molecule has 0 aromatic rings. The first-order valence-electron chi connectivity index (χ1n) is 7.04. The van der Waals surface area contributed by atoms with Crippen molar-refractivity contribution in [3.63, 3.8) is 0 Å². The molecule has 92 valence electrons. The summed E-state index contributed by atoms with van der Waals surface area (Å²) in [7, 11) is 0. The van der Waals surface area contributed by atoms with Gasteiger partial charge in [-0.3, -0.25) is 0 Å². The van der Waals surface area contributed by atoms with E-state index in [0.717, 1.165) is 5.92 Å². The molecule has 1 aliphatic rings. The predicted molar refractivity (Wildman–Crippen MR) is 73.5 cm³/mol. The van der Waals surface area contributed by atoms with E-state index in [-0.39, 0.29) is 0 Å². The molecule has 0 saturated heterocycles. The zero-order chi connectivity index (χ0) is 11.8. The Morgan fingerprint density at radius 2 is 2.12 bits per heavy atom. The molecule has 0 aliphatic heterocycles. The van der Waals surface area contributed by atoms with Crippen LogP contribution in [0.3, 0.4) is 0 Å². The second-order valence-corrected chi connectivity index (χ2v) is 5.48. The highest BCUT2D eigenvalue weighted by Gasteiger charge is 2.16. The molecule has 0 heteroatoms. The molecular weight excluding hydrogens is 192 g/mol. The van der Waals surface area contributed by atoms with Crippen molar-refractivity contribution in [2.75, 3.05) is 0 Å². The fourth-order valence-electron chi connectivity index (χ4n) is 2.20. The van der Waals surface area contributed by atoms with Crippen LogP contribution in [0.1, 0.15) is 65.7 Å². The number of hydrogen-bond acceptors (Lipinski definition) is 0. The summed E-state index contributed by atoms with van der Waals surface area (Å²) in [6.45, 7) is 6.86. The van der Waals surface area contributed by atoms with E-state index in [1.165, 1.54) is 44.9 Å². The SMILES string of the molecule is CCCC=CC(C)CC=C(C)CC1CCC1. The lowest BCUT2D eigenvalue weighted by Gasteiger charge is -2.25. The minimum absolute atomic E-state index is 0.711. The number of unbranched alkanes of at least 4 members (excludes halogenated alkanes) is 1. The predicted octanol–water partition coefficient (Wildman–Crippen LogP) is 5.51. The lowest BCUT2D eigenvalue weighted by Crippen LogP contribution is -2.10. The molecule has 16 heavy (non-hydrogen) atoms. The maximum atomic E-state index is 2.46. The molecule has 0 aromatic carbocycles. The van der Waals surface area contributed by atoms with Gasteiger partial charge in [-0.25, -0.2) is 0 Å². The number of rotatable bonds is 7. The van der Waals surface area contributed by atoms with Gasteiger partial charge in [0.1, 0.15) is 0 Å². The van der Waals surface area contributed by atoms with Gasteiger partial charge in [0.15, 0.2) is 0 Å². The van der Waals surface area contributed by atoms with Crippen molar-refractivity contribution in [1.29, 1.82) is 0 Å². The molecule has 0 N–H and O–H groups in total. The van der Waals surface area contributed by atoms with Crippen molar-refractivity contribution >= 4 is 0 Å². The lowest BCUT2D eigenvalue weighted by molar-refractivity contribution is 0.313. The first kappa shape index (κ1) is 13.5. The van der Waals surface area contributed by atoms with E-state index in [0.29, 0.717) is 5.92 Å². The summed E-state index contributed by atoms with van der Waals surface area (Å²) in [6, 6.07) is 0. The van der Waals surface area contributed by atoms with Gasteiger partial charge in [-0.05, 0) is 38.0 Å². The zero-order valence-electron chi connectivity index (χ0n) is 11.3. The molecule has 0 heterocycles. The average Bonchev–Trinajstić information content (AvgIpc) is 2.21. The highest BCUT2D eigenvalue weighted by Crippen LogP contribution is 2.32. The van der Waals surface area contributed by atoms with Gasteiger partial charge in [0.2, 0.25) is 0 Å². The standard InChI is InChI=1S/C16H28/c1-4-5-6-8-14(2)11-12-15(3)13-16-9-7-10-16/h6,8,12,14,16H,4-5,7,9-11,13H2,1-3H3. The zero-order valence-corrected chi connectivity index (χ0v) is 11.3. The molecule has 1 fully saturated rings. The molecule has 0 radical (unpaired) electrons. The van der Waals surface area contributed by atoms with Gasteiger partial charge >= 0.3 is 0 Å². The Balaban J connectivity index is 2.17. The smallest absolute Gasteiger partial charge is 0.0227 e. The molecule has 0 nitrogen and oxygen atoms in total. The van der Waals surface area contributed by atoms with Crippen LogP contribution in [0.4, 0.5) is 0 Å². The van der Waals surface area contributed by atoms with Crippen molar-refractivity contribution in [2.24, 2.45) is 11.8 Å². The molecule has 0 spiro atoms. The summed E-state index contributed by atoms with van der Waals surface area (Å²) in [5.74, 6) is 1.73. The maximum absolute atomic E-state index is 2.46. The second kappa shape index (κ2) is 7.70. The van der Waals surface area contributed by atoms with Gasteiger partial charge < -0.3 is 0 Å². The molecule has 1 atom stereocenters. The van der Waals surface area contributed by atoms with E-state index in [1.54, 1.807) is 5.57 Å². The van der Waals surface area contributed by atoms with Gasteiger partial charge in [-0.2, -0.15) is 0 Å². The van der Waals surface area contributed by atoms with Crippen LogP contribution in [0.2, 0.25) is 0 Å². The summed E-state index contributed by atoms with van der Waals surface area (Å²) < 4.78 is 0. The highest BCUT2D eigenvalue weighted by atomic mass is 14.2. The van der Waals surface area contributed by atoms with Crippen molar-refractivity contribution in [3.05, 3.63) is 23.8 Å². The Labute approximate surface area is 102 Å². The third-order valence-corrected chi connectivity index (χ3v) is 3.59.